The highest BCUT2D eigenvalue weighted by atomic mass is 16.5. The largest absolute Gasteiger partial charge is 0.465 e. The fourth-order valence-electron chi connectivity index (χ4n) is 3.97. The Balaban J connectivity index is 1.99. The van der Waals surface area contributed by atoms with Crippen LogP contribution in [0.5, 0.6) is 0 Å². The zero-order chi connectivity index (χ0) is 17.1. The molecule has 1 heterocycles. The average Bonchev–Trinajstić information content (AvgIpc) is 3.16. The van der Waals surface area contributed by atoms with E-state index in [-0.39, 0.29) is 5.97 Å². The molecule has 1 saturated heterocycles. The predicted octanol–water partition coefficient (Wildman–Crippen LogP) is 2.57. The Morgan fingerprint density at radius 1 is 1.25 bits per heavy atom. The smallest absolute Gasteiger partial charge is 0.338 e. The highest BCUT2D eigenvalue weighted by Crippen LogP contribution is 2.34. The monoisotopic (exact) mass is 331 g/mol. The second kappa shape index (κ2) is 7.43. The molecule has 1 N–H and O–H groups in total. The van der Waals surface area contributed by atoms with E-state index in [0.29, 0.717) is 11.6 Å². The number of hydrogen-bond acceptors (Lipinski definition) is 5. The van der Waals surface area contributed by atoms with Crippen LogP contribution < -0.4 is 15.1 Å². The maximum atomic E-state index is 12.3. The second-order valence-electron chi connectivity index (χ2n) is 6.92. The van der Waals surface area contributed by atoms with Crippen molar-refractivity contribution in [3.63, 3.8) is 0 Å². The zero-order valence-corrected chi connectivity index (χ0v) is 15.1. The lowest BCUT2D eigenvalue weighted by atomic mass is 10.0. The third-order valence-electron chi connectivity index (χ3n) is 5.50. The summed E-state index contributed by atoms with van der Waals surface area (Å²) < 4.78 is 5.03. The molecule has 2 aliphatic rings. The summed E-state index contributed by atoms with van der Waals surface area (Å²) in [6, 6.07) is 4.83. The molecule has 0 bridgehead atoms. The van der Waals surface area contributed by atoms with Crippen molar-refractivity contribution in [3.8, 4) is 0 Å². The van der Waals surface area contributed by atoms with E-state index >= 15 is 0 Å². The van der Waals surface area contributed by atoms with Crippen molar-refractivity contribution >= 4 is 17.3 Å². The van der Waals surface area contributed by atoms with Gasteiger partial charge >= 0.3 is 5.97 Å². The summed E-state index contributed by atoms with van der Waals surface area (Å²) in [5.74, 6) is -0.245. The van der Waals surface area contributed by atoms with Crippen LogP contribution in [0, 0.1) is 6.92 Å². The summed E-state index contributed by atoms with van der Waals surface area (Å²) >= 11 is 0. The number of carbonyl (C=O) groups excluding carboxylic acids is 1. The molecule has 24 heavy (non-hydrogen) atoms. The maximum absolute atomic E-state index is 12.3. The van der Waals surface area contributed by atoms with Crippen molar-refractivity contribution in [2.45, 2.75) is 38.6 Å². The molecule has 5 nitrogen and oxygen atoms in total. The van der Waals surface area contributed by atoms with Gasteiger partial charge in [-0.1, -0.05) is 12.8 Å². The first-order valence-corrected chi connectivity index (χ1v) is 9.03. The molecule has 0 spiro atoms. The van der Waals surface area contributed by atoms with Crippen molar-refractivity contribution in [3.05, 3.63) is 23.3 Å². The Morgan fingerprint density at radius 2 is 1.92 bits per heavy atom. The van der Waals surface area contributed by atoms with E-state index in [1.807, 2.05) is 13.0 Å². The number of ether oxygens (including phenoxy) is 1. The van der Waals surface area contributed by atoms with Crippen LogP contribution in [0.3, 0.4) is 0 Å². The summed E-state index contributed by atoms with van der Waals surface area (Å²) in [7, 11) is 3.63. The number of nitrogens with one attached hydrogen (secondary N) is 1. The van der Waals surface area contributed by atoms with Crippen LogP contribution in [0.25, 0.3) is 0 Å². The molecule has 0 radical (unpaired) electrons. The number of hydrogen-bond donors (Lipinski definition) is 1. The number of esters is 1. The minimum absolute atomic E-state index is 0.245. The van der Waals surface area contributed by atoms with Gasteiger partial charge in [-0.25, -0.2) is 4.79 Å². The molecule has 0 unspecified atom stereocenters. The van der Waals surface area contributed by atoms with E-state index in [1.165, 1.54) is 38.5 Å². The van der Waals surface area contributed by atoms with E-state index < -0.39 is 0 Å². The van der Waals surface area contributed by atoms with Crippen molar-refractivity contribution in [1.82, 2.24) is 5.32 Å². The molecule has 0 atom stereocenters. The van der Waals surface area contributed by atoms with Gasteiger partial charge in [-0.3, -0.25) is 0 Å². The van der Waals surface area contributed by atoms with E-state index in [4.69, 9.17) is 4.74 Å². The lowest BCUT2D eigenvalue weighted by molar-refractivity contribution is 0.0600. The molecule has 1 aromatic carbocycles. The Hall–Kier alpha value is -1.75. The van der Waals surface area contributed by atoms with Gasteiger partial charge in [0, 0.05) is 50.6 Å². The summed E-state index contributed by atoms with van der Waals surface area (Å²) in [6.45, 7) is 5.94. The van der Waals surface area contributed by atoms with Gasteiger partial charge in [-0.2, -0.15) is 0 Å². The number of piperazine rings is 1. The van der Waals surface area contributed by atoms with Crippen LogP contribution in [0.15, 0.2) is 12.1 Å². The van der Waals surface area contributed by atoms with Crippen LogP contribution in [0.2, 0.25) is 0 Å². The topological polar surface area (TPSA) is 44.8 Å². The molecule has 0 amide bonds. The van der Waals surface area contributed by atoms with E-state index in [1.54, 1.807) is 0 Å². The molecule has 1 aromatic rings. The molecule has 0 aromatic heterocycles. The highest BCUT2D eigenvalue weighted by Gasteiger charge is 2.25. The van der Waals surface area contributed by atoms with Crippen LogP contribution in [-0.2, 0) is 4.74 Å². The van der Waals surface area contributed by atoms with Gasteiger partial charge in [0.15, 0.2) is 0 Å². The molecule has 5 heteroatoms. The Bertz CT molecular complexity index is 591. The van der Waals surface area contributed by atoms with E-state index in [9.17, 15) is 4.79 Å². The number of methoxy groups -OCH3 is 1. The first-order chi connectivity index (χ1) is 11.6. The van der Waals surface area contributed by atoms with Gasteiger partial charge in [0.05, 0.1) is 12.7 Å². The third-order valence-corrected chi connectivity index (χ3v) is 5.50. The molecule has 132 valence electrons. The van der Waals surface area contributed by atoms with Crippen LogP contribution in [0.4, 0.5) is 11.4 Å². The predicted molar refractivity (Wildman–Crippen MR) is 98.3 cm³/mol. The molecule has 1 aliphatic carbocycles. The Morgan fingerprint density at radius 3 is 2.54 bits per heavy atom. The SMILES string of the molecule is COC(=O)c1cc(N2CCNCC2)cc(N(C)C2CCCC2)c1C. The van der Waals surface area contributed by atoms with Gasteiger partial charge in [-0.05, 0) is 37.5 Å². The van der Waals surface area contributed by atoms with Crippen molar-refractivity contribution in [2.24, 2.45) is 0 Å². The van der Waals surface area contributed by atoms with Crippen molar-refractivity contribution in [1.29, 1.82) is 0 Å². The van der Waals surface area contributed by atoms with E-state index in [2.05, 4.69) is 28.2 Å². The minimum atomic E-state index is -0.245. The maximum Gasteiger partial charge on any atom is 0.338 e. The Kier molecular flexibility index (Phi) is 5.29. The first-order valence-electron chi connectivity index (χ1n) is 9.03. The van der Waals surface area contributed by atoms with Crippen molar-refractivity contribution in [2.75, 3.05) is 50.1 Å². The standard InChI is InChI=1S/C19H29N3O2/c1-14-17(19(23)24-3)12-16(22-10-8-20-9-11-22)13-18(14)21(2)15-6-4-5-7-15/h12-13,15,20H,4-11H2,1-3H3. The summed E-state index contributed by atoms with van der Waals surface area (Å²) in [5.41, 5.74) is 4.00. The third kappa shape index (κ3) is 3.36. The van der Waals surface area contributed by atoms with Crippen LogP contribution in [0.1, 0.15) is 41.6 Å². The summed E-state index contributed by atoms with van der Waals surface area (Å²) in [6.07, 6.45) is 5.08. The fraction of sp³-hybridized carbons (Fsp3) is 0.632. The quantitative estimate of drug-likeness (QED) is 0.859. The number of nitrogens with zero attached hydrogens (tertiary/aromatic N) is 2. The second-order valence-corrected chi connectivity index (χ2v) is 6.92. The first kappa shape index (κ1) is 17.1. The normalized spacial score (nSPS) is 18.7. The van der Waals surface area contributed by atoms with Gasteiger partial charge < -0.3 is 19.9 Å². The molecule has 1 aliphatic heterocycles. The number of rotatable bonds is 4. The van der Waals surface area contributed by atoms with Gasteiger partial charge in [0.1, 0.15) is 0 Å². The average molecular weight is 331 g/mol. The van der Waals surface area contributed by atoms with E-state index in [0.717, 1.165) is 37.4 Å². The number of anilines is 2. The van der Waals surface area contributed by atoms with Crippen LogP contribution in [-0.4, -0.2) is 52.3 Å². The molecular formula is C19H29N3O2. The summed E-state index contributed by atoms with van der Waals surface area (Å²) in [5, 5.41) is 3.38. The molecular weight excluding hydrogens is 302 g/mol. The highest BCUT2D eigenvalue weighted by molar-refractivity contribution is 5.94. The van der Waals surface area contributed by atoms with Gasteiger partial charge in [0.2, 0.25) is 0 Å². The molecule has 3 rings (SSSR count). The minimum Gasteiger partial charge on any atom is -0.465 e. The lowest BCUT2D eigenvalue weighted by Gasteiger charge is -2.33. The zero-order valence-electron chi connectivity index (χ0n) is 15.1. The van der Waals surface area contributed by atoms with Gasteiger partial charge in [-0.15, -0.1) is 0 Å². The lowest BCUT2D eigenvalue weighted by Crippen LogP contribution is -2.43. The van der Waals surface area contributed by atoms with Gasteiger partial charge in [0.25, 0.3) is 0 Å². The Labute approximate surface area is 145 Å². The van der Waals surface area contributed by atoms with Crippen LogP contribution >= 0.6 is 0 Å². The molecule has 1 saturated carbocycles. The fourth-order valence-corrected chi connectivity index (χ4v) is 3.97. The summed E-state index contributed by atoms with van der Waals surface area (Å²) in [4.78, 5) is 17.0. The number of carbonyl (C=O) groups is 1. The van der Waals surface area contributed by atoms with Crippen molar-refractivity contribution < 1.29 is 9.53 Å². The number of benzene rings is 1. The molecule has 2 fully saturated rings.